The van der Waals surface area contributed by atoms with Gasteiger partial charge in [0.1, 0.15) is 0 Å². The van der Waals surface area contributed by atoms with Gasteiger partial charge in [-0.1, -0.05) is 8.19 Å². The van der Waals surface area contributed by atoms with Gasteiger partial charge < -0.3 is 10.6 Å². The van der Waals surface area contributed by atoms with E-state index in [1.165, 1.54) is 27.5 Å². The zero-order valence-electron chi connectivity index (χ0n) is 4.76. The molecule has 2 heterocycles. The summed E-state index contributed by atoms with van der Waals surface area (Å²) >= 11 is 0. The molecule has 0 atom stereocenters. The van der Waals surface area contributed by atoms with Gasteiger partial charge >= 0.3 is 0 Å². The van der Waals surface area contributed by atoms with E-state index in [4.69, 9.17) is 0 Å². The van der Waals surface area contributed by atoms with Crippen LogP contribution in [0.5, 0.6) is 0 Å². The molecule has 1 aromatic heterocycles. The zero-order chi connectivity index (χ0) is 6.10. The van der Waals surface area contributed by atoms with Crippen LogP contribution in [0.25, 0.3) is 0 Å². The summed E-state index contributed by atoms with van der Waals surface area (Å²) in [5.41, 5.74) is 4.84. The van der Waals surface area contributed by atoms with Crippen molar-refractivity contribution in [1.82, 2.24) is 0 Å². The van der Waals surface area contributed by atoms with Gasteiger partial charge in [-0.25, -0.2) is 0 Å². The van der Waals surface area contributed by atoms with Crippen molar-refractivity contribution in [2.75, 3.05) is 17.3 Å². The lowest BCUT2D eigenvalue weighted by Crippen LogP contribution is -1.98. The van der Waals surface area contributed by atoms with Gasteiger partial charge in [-0.2, -0.15) is 0 Å². The molecule has 9 heavy (non-hydrogen) atoms. The van der Waals surface area contributed by atoms with Gasteiger partial charge in [0.25, 0.3) is 0 Å². The van der Waals surface area contributed by atoms with E-state index in [0.29, 0.717) is 0 Å². The van der Waals surface area contributed by atoms with Gasteiger partial charge in [-0.3, -0.25) is 0 Å². The minimum Gasteiger partial charge on any atom is -0.366 e. The molecule has 0 aromatic carbocycles. The van der Waals surface area contributed by atoms with E-state index in [9.17, 15) is 0 Å². The van der Waals surface area contributed by atoms with Crippen LogP contribution in [-0.2, 0) is 0 Å². The third-order valence-corrected chi connectivity index (χ3v) is 3.31. The molecule has 4 heteroatoms. The molecule has 2 nitrogen and oxygen atoms in total. The fraction of sp³-hybridized carbons (Fsp3) is 0.200. The van der Waals surface area contributed by atoms with E-state index in [1.807, 2.05) is 0 Å². The third-order valence-electron chi connectivity index (χ3n) is 1.25. The van der Waals surface area contributed by atoms with Gasteiger partial charge in [0.05, 0.1) is 17.8 Å². The molecule has 2 N–H and O–H groups in total. The highest BCUT2D eigenvalue weighted by atomic mass is 31.1. The highest BCUT2D eigenvalue weighted by molar-refractivity contribution is 7.46. The number of hydrogen-bond acceptors (Lipinski definition) is 2. The summed E-state index contributed by atoms with van der Waals surface area (Å²) in [5, 5.41) is 6.49. The molecule has 0 saturated carbocycles. The average molecular weight is 156 g/mol. The molecule has 2 rings (SSSR count). The van der Waals surface area contributed by atoms with Crippen LogP contribution in [0.2, 0.25) is 0 Å². The minimum atomic E-state index is 0.900. The molecule has 46 valence electrons. The van der Waals surface area contributed by atoms with Crippen LogP contribution in [0.3, 0.4) is 0 Å². The normalized spacial score (nSPS) is 15.6. The Morgan fingerprint density at radius 1 is 1.44 bits per heavy atom. The average Bonchev–Trinajstić information content (AvgIpc) is 2.33. The largest absolute Gasteiger partial charge is 0.366 e. The summed E-state index contributed by atoms with van der Waals surface area (Å²) < 4.78 is 0. The Hall–Kier alpha value is -0.320. The van der Waals surface area contributed by atoms with Crippen molar-refractivity contribution in [1.29, 1.82) is 0 Å². The van der Waals surface area contributed by atoms with E-state index < -0.39 is 0 Å². The number of hydrogen-bond donors (Lipinski definition) is 2. The maximum Gasteiger partial charge on any atom is 0.0872 e. The van der Waals surface area contributed by atoms with Crippen LogP contribution < -0.4 is 10.6 Å². The second-order valence-electron chi connectivity index (χ2n) is 1.82. The highest BCUT2D eigenvalue weighted by Gasteiger charge is 2.05. The smallest absolute Gasteiger partial charge is 0.0872 e. The topological polar surface area (TPSA) is 24.1 Å². The van der Waals surface area contributed by atoms with Crippen LogP contribution in [0.15, 0.2) is 11.3 Å². The van der Waals surface area contributed by atoms with Crippen molar-refractivity contribution in [2.24, 2.45) is 0 Å². The molecular formula is C5H6N2P2. The molecule has 0 amide bonds. The zero-order valence-corrected chi connectivity index (χ0v) is 6.55. The minimum absolute atomic E-state index is 0.900. The first-order chi connectivity index (χ1) is 4.47. The fourth-order valence-corrected chi connectivity index (χ4v) is 2.74. The van der Waals surface area contributed by atoms with Crippen LogP contribution in [0.4, 0.5) is 11.1 Å². The first-order valence-corrected chi connectivity index (χ1v) is 4.74. The lowest BCUT2D eigenvalue weighted by molar-refractivity contribution is 1.31. The Morgan fingerprint density at radius 2 is 2.44 bits per heavy atom. The van der Waals surface area contributed by atoms with Gasteiger partial charge in [-0.15, -0.1) is 0 Å². The molecule has 0 bridgehead atoms. The Kier molecular flexibility index (Phi) is 1.29. The Bertz CT molecular complexity index is 203. The molecule has 0 aliphatic carbocycles. The lowest BCUT2D eigenvalue weighted by Gasteiger charge is -1.91. The summed E-state index contributed by atoms with van der Waals surface area (Å²) in [6.45, 7) is 0.900. The number of fused-ring (bicyclic) bond motifs is 1. The Labute approximate surface area is 56.9 Å². The Morgan fingerprint density at radius 3 is 3.33 bits per heavy atom. The van der Waals surface area contributed by atoms with Crippen molar-refractivity contribution in [3.63, 3.8) is 0 Å². The van der Waals surface area contributed by atoms with Crippen molar-refractivity contribution in [3.05, 3.63) is 11.3 Å². The maximum absolute atomic E-state index is 3.25. The summed E-state index contributed by atoms with van der Waals surface area (Å²) in [7, 11) is 2.64. The molecular weight excluding hydrogens is 150 g/mol. The second-order valence-corrected chi connectivity index (χ2v) is 4.00. The van der Waals surface area contributed by atoms with E-state index in [1.54, 1.807) is 0 Å². The quantitative estimate of drug-likeness (QED) is 0.603. The summed E-state index contributed by atoms with van der Waals surface area (Å²) in [6.07, 6.45) is 0. The van der Waals surface area contributed by atoms with E-state index in [2.05, 4.69) is 22.0 Å². The summed E-state index contributed by atoms with van der Waals surface area (Å²) in [5.74, 6) is 2.19. The molecule has 0 unspecified atom stereocenters. The lowest BCUT2D eigenvalue weighted by atomic mass is 10.6. The SMILES string of the molecule is c1pcc2c(p1)NCN2. The van der Waals surface area contributed by atoms with Crippen LogP contribution in [0, 0.1) is 0 Å². The molecule has 1 aliphatic heterocycles. The molecule has 0 saturated heterocycles. The number of anilines is 2. The molecule has 0 radical (unpaired) electrons. The van der Waals surface area contributed by atoms with E-state index >= 15 is 0 Å². The van der Waals surface area contributed by atoms with E-state index in [-0.39, 0.29) is 0 Å². The summed E-state index contributed by atoms with van der Waals surface area (Å²) in [6, 6.07) is 0. The molecule has 0 fully saturated rings. The molecule has 1 aromatic rings. The third kappa shape index (κ3) is 0.891. The maximum atomic E-state index is 3.25. The predicted molar refractivity (Wildman–Crippen MR) is 43.6 cm³/mol. The predicted octanol–water partition coefficient (Wildman–Crippen LogP) is 2.64. The van der Waals surface area contributed by atoms with E-state index in [0.717, 1.165) is 6.67 Å². The summed E-state index contributed by atoms with van der Waals surface area (Å²) in [4.78, 5) is 0. The van der Waals surface area contributed by atoms with Gasteiger partial charge in [-0.05, 0) is 19.5 Å². The van der Waals surface area contributed by atoms with Gasteiger partial charge in [0.2, 0.25) is 0 Å². The first kappa shape index (κ1) is 5.46. The van der Waals surface area contributed by atoms with Crippen LogP contribution in [-0.4, -0.2) is 6.67 Å². The monoisotopic (exact) mass is 156 g/mol. The molecule has 1 aliphatic rings. The standard InChI is InChI=1S/C5H6N2P2/c1-4-5(7-2-6-4)9-3-8-1/h1,3,6-7H,2H2. The Balaban J connectivity index is 2.54. The first-order valence-electron chi connectivity index (χ1n) is 2.74. The molecule has 0 spiro atoms. The van der Waals surface area contributed by atoms with Crippen molar-refractivity contribution in [2.45, 2.75) is 0 Å². The van der Waals surface area contributed by atoms with Crippen molar-refractivity contribution in [3.8, 4) is 0 Å². The van der Waals surface area contributed by atoms with Crippen LogP contribution in [0.1, 0.15) is 0 Å². The van der Waals surface area contributed by atoms with Crippen LogP contribution >= 0.6 is 16.4 Å². The van der Waals surface area contributed by atoms with Crippen molar-refractivity contribution >= 4 is 27.5 Å². The van der Waals surface area contributed by atoms with Gasteiger partial charge in [0.15, 0.2) is 0 Å². The highest BCUT2D eigenvalue weighted by Crippen LogP contribution is 2.36. The van der Waals surface area contributed by atoms with Gasteiger partial charge in [0, 0.05) is 0 Å². The second kappa shape index (κ2) is 2.13. The van der Waals surface area contributed by atoms with Crippen molar-refractivity contribution < 1.29 is 0 Å². The fourth-order valence-electron chi connectivity index (χ4n) is 0.823. The number of nitrogens with one attached hydrogen (secondary N) is 2. The number of rotatable bonds is 0.